The molecule has 6 rings (SSSR count). The summed E-state index contributed by atoms with van der Waals surface area (Å²) in [6, 6.07) is 0. The van der Waals surface area contributed by atoms with Gasteiger partial charge in [0.05, 0.1) is 0 Å². The second-order valence-corrected chi connectivity index (χ2v) is 11.1. The number of fused-ring (bicyclic) bond motifs is 2. The first-order chi connectivity index (χ1) is 14.2. The van der Waals surface area contributed by atoms with Crippen molar-refractivity contribution < 1.29 is 19.7 Å². The van der Waals surface area contributed by atoms with E-state index in [1.807, 2.05) is 0 Å². The van der Waals surface area contributed by atoms with Gasteiger partial charge in [-0.25, -0.2) is 0 Å². The molecule has 0 saturated carbocycles. The summed E-state index contributed by atoms with van der Waals surface area (Å²) < 4.78 is 11.7. The van der Waals surface area contributed by atoms with Crippen LogP contribution in [0.5, 0.6) is 0 Å². The molecular formula is C26H38O4. The van der Waals surface area contributed by atoms with E-state index >= 15 is 0 Å². The lowest BCUT2D eigenvalue weighted by molar-refractivity contribution is 0.145. The first-order valence-corrected chi connectivity index (χ1v) is 11.7. The Morgan fingerprint density at radius 1 is 0.733 bits per heavy atom. The van der Waals surface area contributed by atoms with Crippen molar-refractivity contribution in [3.05, 3.63) is 46.3 Å². The van der Waals surface area contributed by atoms with E-state index in [-0.39, 0.29) is 24.0 Å². The van der Waals surface area contributed by atoms with E-state index in [4.69, 9.17) is 9.47 Å². The molecule has 0 aromatic heterocycles. The van der Waals surface area contributed by atoms with E-state index in [9.17, 15) is 10.2 Å². The lowest BCUT2D eigenvalue weighted by atomic mass is 9.86. The Kier molecular flexibility index (Phi) is 5.93. The highest BCUT2D eigenvalue weighted by Gasteiger charge is 2.41. The third-order valence-electron chi connectivity index (χ3n) is 7.22. The molecule has 0 saturated heterocycles. The van der Waals surface area contributed by atoms with Gasteiger partial charge in [0, 0.05) is 36.2 Å². The molecule has 4 heteroatoms. The molecule has 2 atom stereocenters. The summed E-state index contributed by atoms with van der Waals surface area (Å²) in [6.45, 7) is 8.99. The molecule has 4 aliphatic heterocycles. The average Bonchev–Trinajstić information content (AvgIpc) is 3.43. The third-order valence-corrected chi connectivity index (χ3v) is 7.22. The fraction of sp³-hybridized carbons (Fsp3) is 0.692. The van der Waals surface area contributed by atoms with Gasteiger partial charge in [-0.1, -0.05) is 34.1 Å². The van der Waals surface area contributed by atoms with Gasteiger partial charge >= 0.3 is 0 Å². The molecule has 6 aliphatic rings. The predicted molar refractivity (Wildman–Crippen MR) is 118 cm³/mol. The van der Waals surface area contributed by atoms with E-state index in [1.54, 1.807) is 0 Å². The largest absolute Gasteiger partial charge is 0.461 e. The zero-order valence-electron chi connectivity index (χ0n) is 19.1. The van der Waals surface area contributed by atoms with Gasteiger partial charge in [-0.05, 0) is 67.9 Å². The molecule has 0 radical (unpaired) electrons. The van der Waals surface area contributed by atoms with Crippen LogP contribution in [0, 0.1) is 22.7 Å². The van der Waals surface area contributed by atoms with Crippen LogP contribution in [0.25, 0.3) is 0 Å². The summed E-state index contributed by atoms with van der Waals surface area (Å²) in [4.78, 5) is 0. The summed E-state index contributed by atoms with van der Waals surface area (Å²) in [5, 5.41) is 18.8. The third kappa shape index (κ3) is 4.27. The number of hydrogen-bond donors (Lipinski definition) is 2. The predicted octanol–water partition coefficient (Wildman–Crippen LogP) is 5.74. The van der Waals surface area contributed by atoms with Crippen molar-refractivity contribution >= 4 is 0 Å². The Balaban J connectivity index is 1.23. The van der Waals surface area contributed by atoms with Crippen molar-refractivity contribution in [2.75, 3.05) is 13.2 Å². The number of aliphatic hydroxyl groups excluding tert-OH is 2. The quantitative estimate of drug-likeness (QED) is 0.403. The molecule has 30 heavy (non-hydrogen) atoms. The summed E-state index contributed by atoms with van der Waals surface area (Å²) in [6.07, 6.45) is 13.2. The Morgan fingerprint density at radius 3 is 1.80 bits per heavy atom. The molecular weight excluding hydrogens is 376 g/mol. The highest BCUT2D eigenvalue weighted by molar-refractivity contribution is 5.50. The first kappa shape index (κ1) is 21.7. The van der Waals surface area contributed by atoms with Crippen LogP contribution in [0.1, 0.15) is 79.1 Å². The molecule has 166 valence electrons. The normalized spacial score (nSPS) is 24.3. The van der Waals surface area contributed by atoms with Crippen molar-refractivity contribution in [2.24, 2.45) is 22.7 Å². The maximum absolute atomic E-state index is 9.43. The smallest absolute Gasteiger partial charge is 0.130 e. The fourth-order valence-electron chi connectivity index (χ4n) is 4.94. The van der Waals surface area contributed by atoms with Gasteiger partial charge in [-0.2, -0.15) is 0 Å². The van der Waals surface area contributed by atoms with Crippen LogP contribution in [-0.4, -0.2) is 23.4 Å². The molecule has 4 heterocycles. The van der Waals surface area contributed by atoms with Gasteiger partial charge in [-0.15, -0.1) is 0 Å². The highest BCUT2D eigenvalue weighted by atomic mass is 16.5. The van der Waals surface area contributed by atoms with Crippen LogP contribution in [0.4, 0.5) is 0 Å². The maximum Gasteiger partial charge on any atom is 0.130 e. The molecule has 4 nitrogen and oxygen atoms in total. The van der Waals surface area contributed by atoms with Gasteiger partial charge in [0.2, 0.25) is 0 Å². The first-order valence-electron chi connectivity index (χ1n) is 11.7. The van der Waals surface area contributed by atoms with E-state index < -0.39 is 0 Å². The van der Waals surface area contributed by atoms with Gasteiger partial charge in [0.15, 0.2) is 0 Å². The Morgan fingerprint density at radius 2 is 1.23 bits per heavy atom. The van der Waals surface area contributed by atoms with Crippen LogP contribution in [0.3, 0.4) is 0 Å². The lowest BCUT2D eigenvalue weighted by Crippen LogP contribution is -2.17. The van der Waals surface area contributed by atoms with Crippen molar-refractivity contribution in [3.63, 3.8) is 0 Å². The van der Waals surface area contributed by atoms with Gasteiger partial charge in [-0.3, -0.25) is 0 Å². The zero-order valence-corrected chi connectivity index (χ0v) is 19.1. The number of aliphatic hydroxyl groups is 2. The summed E-state index contributed by atoms with van der Waals surface area (Å²) in [5.41, 5.74) is 2.87. The molecule has 2 aliphatic carbocycles. The minimum absolute atomic E-state index is 0.0120. The molecule has 0 aromatic rings. The van der Waals surface area contributed by atoms with Gasteiger partial charge < -0.3 is 19.7 Å². The van der Waals surface area contributed by atoms with E-state index in [0.717, 1.165) is 62.9 Å². The summed E-state index contributed by atoms with van der Waals surface area (Å²) >= 11 is 0. The molecule has 2 N–H and O–H groups in total. The second kappa shape index (κ2) is 8.20. The van der Waals surface area contributed by atoms with Crippen molar-refractivity contribution in [1.29, 1.82) is 0 Å². The average molecular weight is 415 g/mol. The number of allylic oxidation sites excluding steroid dienone is 4. The molecule has 0 fully saturated rings. The summed E-state index contributed by atoms with van der Waals surface area (Å²) in [7, 11) is 0. The topological polar surface area (TPSA) is 58.9 Å². The molecule has 0 spiro atoms. The molecule has 0 aromatic carbocycles. The minimum atomic E-state index is 0.0120. The number of ether oxygens (including phenoxy) is 2. The Labute approximate surface area is 181 Å². The summed E-state index contributed by atoms with van der Waals surface area (Å²) in [5.74, 6) is 5.48. The zero-order chi connectivity index (χ0) is 21.5. The van der Waals surface area contributed by atoms with E-state index in [2.05, 4.69) is 39.8 Å². The van der Waals surface area contributed by atoms with Crippen LogP contribution in [0.2, 0.25) is 0 Å². The molecule has 0 amide bonds. The van der Waals surface area contributed by atoms with Crippen molar-refractivity contribution in [3.8, 4) is 0 Å². The standard InChI is InChI=1S/C26H38O4/c1-25(2,15-27)11-5-7-17-13-22-20(23(17)30-22)10-9-18-14-21-19(24(18)29-21)8-6-12-26(3,4)16-28/h13-14,17-18,27-28H,5-12,15-16H2,1-4H3. The Hall–Kier alpha value is -1.52. The Bertz CT molecular complexity index is 809. The number of rotatable bonds is 13. The molecule has 2 unspecified atom stereocenters. The minimum Gasteiger partial charge on any atom is -0.461 e. The van der Waals surface area contributed by atoms with Crippen LogP contribution in [-0.2, 0) is 9.47 Å². The van der Waals surface area contributed by atoms with Crippen molar-refractivity contribution in [2.45, 2.75) is 79.1 Å². The highest BCUT2D eigenvalue weighted by Crippen LogP contribution is 2.52. The van der Waals surface area contributed by atoms with Gasteiger partial charge in [0.1, 0.15) is 23.0 Å². The van der Waals surface area contributed by atoms with Gasteiger partial charge in [0.25, 0.3) is 0 Å². The van der Waals surface area contributed by atoms with Crippen LogP contribution in [0.15, 0.2) is 46.3 Å². The SMILES string of the molecule is CC(C)(CO)CCCC1=C2OC1=CC2CCC1=C2OC1=CC2CCCC(C)(C)CO. The monoisotopic (exact) mass is 414 g/mol. The van der Waals surface area contributed by atoms with E-state index in [0.29, 0.717) is 11.8 Å². The van der Waals surface area contributed by atoms with E-state index in [1.165, 1.54) is 22.7 Å². The number of hydrogen-bond acceptors (Lipinski definition) is 4. The lowest BCUT2D eigenvalue weighted by Gasteiger charge is -2.27. The fourth-order valence-corrected chi connectivity index (χ4v) is 4.94. The molecule has 4 bridgehead atoms. The van der Waals surface area contributed by atoms with Crippen molar-refractivity contribution in [1.82, 2.24) is 0 Å². The van der Waals surface area contributed by atoms with Crippen LogP contribution < -0.4 is 0 Å². The van der Waals surface area contributed by atoms with Crippen LogP contribution >= 0.6 is 0 Å². The maximum atomic E-state index is 9.43. The second-order valence-electron chi connectivity index (χ2n) is 11.1.